The van der Waals surface area contributed by atoms with Crippen molar-refractivity contribution in [1.82, 2.24) is 14.9 Å². The fourth-order valence-corrected chi connectivity index (χ4v) is 6.61. The van der Waals surface area contributed by atoms with Crippen molar-refractivity contribution in [2.45, 2.75) is 50.6 Å². The Morgan fingerprint density at radius 1 is 1.06 bits per heavy atom. The third kappa shape index (κ3) is 3.16. The molecule has 0 saturated heterocycles. The Morgan fingerprint density at radius 3 is 2.45 bits per heavy atom. The van der Waals surface area contributed by atoms with Crippen molar-refractivity contribution in [2.75, 3.05) is 6.79 Å². The van der Waals surface area contributed by atoms with Gasteiger partial charge < -0.3 is 19.8 Å². The minimum absolute atomic E-state index is 0.0175. The summed E-state index contributed by atoms with van der Waals surface area (Å²) >= 11 is 0. The molecular weight excluding hydrogens is 398 g/mol. The Bertz CT molecular complexity index is 1150. The molecule has 7 rings (SSSR count). The minimum atomic E-state index is -0.580. The number of carbonyl (C=O) groups is 1. The summed E-state index contributed by atoms with van der Waals surface area (Å²) in [5.74, 6) is 2.88. The number of nitrogens with one attached hydrogen (secondary N) is 2. The smallest absolute Gasteiger partial charge is 0.328 e. The van der Waals surface area contributed by atoms with Crippen LogP contribution in [0.1, 0.15) is 54.4 Å². The van der Waals surface area contributed by atoms with E-state index in [2.05, 4.69) is 10.3 Å². The van der Waals surface area contributed by atoms with Gasteiger partial charge in [0.1, 0.15) is 5.56 Å². The third-order valence-corrected chi connectivity index (χ3v) is 7.50. The molecule has 31 heavy (non-hydrogen) atoms. The molecule has 8 heteroatoms. The van der Waals surface area contributed by atoms with E-state index < -0.39 is 11.2 Å². The number of benzene rings is 1. The quantitative estimate of drug-likeness (QED) is 0.783. The second-order valence-electron chi connectivity index (χ2n) is 9.74. The molecule has 1 aromatic heterocycles. The number of nitrogens with zero attached hydrogens (tertiary/aromatic N) is 1. The van der Waals surface area contributed by atoms with Gasteiger partial charge in [0.2, 0.25) is 6.79 Å². The maximum Gasteiger partial charge on any atom is 0.328 e. The highest BCUT2D eigenvalue weighted by atomic mass is 16.7. The first-order valence-corrected chi connectivity index (χ1v) is 11.0. The third-order valence-electron chi connectivity index (χ3n) is 7.50. The molecule has 5 aliphatic rings. The first-order valence-electron chi connectivity index (χ1n) is 11.0. The van der Waals surface area contributed by atoms with Crippen LogP contribution in [0.25, 0.3) is 0 Å². The highest BCUT2D eigenvalue weighted by Gasteiger charge is 2.51. The standard InChI is InChI=1S/C23H25N3O5/c27-20(25-23-7-14-3-15(8-23)5-16(4-14)9-23)17-10-24-22(29)26(21(17)28)11-13-1-2-18-19(6-13)31-12-30-18/h1-2,6,10,14-16H,3-5,7-9,11-12H2,(H,24,29)(H,25,27). The number of aromatic amines is 1. The predicted molar refractivity (Wildman–Crippen MR) is 111 cm³/mol. The number of hydrogen-bond donors (Lipinski definition) is 2. The van der Waals surface area contributed by atoms with Crippen molar-refractivity contribution < 1.29 is 14.3 Å². The molecule has 0 unspecified atom stereocenters. The number of ether oxygens (including phenoxy) is 2. The maximum atomic E-state index is 13.1. The molecule has 8 nitrogen and oxygen atoms in total. The van der Waals surface area contributed by atoms with E-state index in [1.807, 2.05) is 0 Å². The van der Waals surface area contributed by atoms with Gasteiger partial charge in [-0.2, -0.15) is 0 Å². The Kier molecular flexibility index (Phi) is 4.07. The van der Waals surface area contributed by atoms with Crippen LogP contribution in [0, 0.1) is 17.8 Å². The highest BCUT2D eigenvalue weighted by molar-refractivity contribution is 5.94. The molecule has 0 spiro atoms. The molecule has 1 aromatic carbocycles. The molecule has 162 valence electrons. The number of aromatic nitrogens is 2. The Hall–Kier alpha value is -3.03. The fraction of sp³-hybridized carbons (Fsp3) is 0.522. The molecule has 4 fully saturated rings. The van der Waals surface area contributed by atoms with Gasteiger partial charge in [0, 0.05) is 11.7 Å². The summed E-state index contributed by atoms with van der Waals surface area (Å²) in [6, 6.07) is 5.28. The first-order chi connectivity index (χ1) is 15.0. The number of carbonyl (C=O) groups excluding carboxylic acids is 1. The van der Waals surface area contributed by atoms with Gasteiger partial charge in [-0.3, -0.25) is 14.2 Å². The van der Waals surface area contributed by atoms with E-state index in [0.29, 0.717) is 29.3 Å². The van der Waals surface area contributed by atoms with Gasteiger partial charge in [-0.1, -0.05) is 6.07 Å². The molecule has 4 aliphatic carbocycles. The molecule has 2 aromatic rings. The van der Waals surface area contributed by atoms with Crippen molar-refractivity contribution in [3.63, 3.8) is 0 Å². The largest absolute Gasteiger partial charge is 0.454 e. The van der Waals surface area contributed by atoms with Crippen molar-refractivity contribution in [2.24, 2.45) is 17.8 Å². The molecule has 4 bridgehead atoms. The number of fused-ring (bicyclic) bond motifs is 1. The summed E-state index contributed by atoms with van der Waals surface area (Å²) in [4.78, 5) is 41.2. The van der Waals surface area contributed by atoms with Crippen molar-refractivity contribution in [3.8, 4) is 11.5 Å². The molecule has 0 radical (unpaired) electrons. The minimum Gasteiger partial charge on any atom is -0.454 e. The van der Waals surface area contributed by atoms with E-state index in [1.54, 1.807) is 18.2 Å². The summed E-state index contributed by atoms with van der Waals surface area (Å²) in [7, 11) is 0. The lowest BCUT2D eigenvalue weighted by molar-refractivity contribution is -0.0167. The van der Waals surface area contributed by atoms with Crippen LogP contribution in [0.3, 0.4) is 0 Å². The SMILES string of the molecule is O=C(NC12CC3CC(CC(C3)C1)C2)c1c[nH]c(=O)n(Cc2ccc3c(c2)OCO3)c1=O. The van der Waals surface area contributed by atoms with E-state index in [9.17, 15) is 14.4 Å². The molecule has 1 amide bonds. The lowest BCUT2D eigenvalue weighted by Crippen LogP contribution is -2.60. The lowest BCUT2D eigenvalue weighted by Gasteiger charge is -2.56. The zero-order valence-electron chi connectivity index (χ0n) is 17.2. The number of H-pyrrole nitrogens is 1. The maximum absolute atomic E-state index is 13.1. The Balaban J connectivity index is 1.27. The summed E-state index contributed by atoms with van der Waals surface area (Å²) in [6.07, 6.45) is 8.07. The molecular formula is C23H25N3O5. The van der Waals surface area contributed by atoms with Gasteiger partial charge in [0.05, 0.1) is 6.54 Å². The van der Waals surface area contributed by atoms with Crippen LogP contribution < -0.4 is 26.0 Å². The zero-order chi connectivity index (χ0) is 21.2. The van der Waals surface area contributed by atoms with Crippen molar-refractivity contribution in [1.29, 1.82) is 0 Å². The van der Waals surface area contributed by atoms with Gasteiger partial charge in [-0.25, -0.2) is 4.79 Å². The van der Waals surface area contributed by atoms with Gasteiger partial charge in [0.15, 0.2) is 11.5 Å². The average molecular weight is 423 g/mol. The van der Waals surface area contributed by atoms with Crippen LogP contribution >= 0.6 is 0 Å². The monoisotopic (exact) mass is 423 g/mol. The highest BCUT2D eigenvalue weighted by Crippen LogP contribution is 2.55. The fourth-order valence-electron chi connectivity index (χ4n) is 6.61. The van der Waals surface area contributed by atoms with E-state index in [1.165, 1.54) is 25.5 Å². The van der Waals surface area contributed by atoms with Crippen molar-refractivity contribution >= 4 is 5.91 Å². The number of hydrogen-bond acceptors (Lipinski definition) is 5. The normalized spacial score (nSPS) is 29.9. The molecule has 2 heterocycles. The average Bonchev–Trinajstić information content (AvgIpc) is 3.17. The van der Waals surface area contributed by atoms with Crippen LogP contribution in [0.4, 0.5) is 0 Å². The van der Waals surface area contributed by atoms with Gasteiger partial charge in [0.25, 0.3) is 11.5 Å². The van der Waals surface area contributed by atoms with Gasteiger partial charge in [-0.15, -0.1) is 0 Å². The van der Waals surface area contributed by atoms with Gasteiger partial charge >= 0.3 is 5.69 Å². The lowest BCUT2D eigenvalue weighted by atomic mass is 9.53. The molecule has 2 N–H and O–H groups in total. The summed E-state index contributed by atoms with van der Waals surface area (Å²) < 4.78 is 11.7. The van der Waals surface area contributed by atoms with E-state index >= 15 is 0 Å². The van der Waals surface area contributed by atoms with Crippen LogP contribution in [0.15, 0.2) is 34.0 Å². The molecule has 1 aliphatic heterocycles. The summed E-state index contributed by atoms with van der Waals surface area (Å²) in [6.45, 7) is 0.197. The second-order valence-corrected chi connectivity index (χ2v) is 9.74. The number of amides is 1. The van der Waals surface area contributed by atoms with Gasteiger partial charge in [-0.05, 0) is 74.0 Å². The van der Waals surface area contributed by atoms with Crippen LogP contribution in [-0.4, -0.2) is 27.8 Å². The molecule has 0 atom stereocenters. The van der Waals surface area contributed by atoms with Crippen LogP contribution in [0.2, 0.25) is 0 Å². The molecule has 4 saturated carbocycles. The Labute approximate surface area is 178 Å². The summed E-state index contributed by atoms with van der Waals surface area (Å²) in [5, 5.41) is 3.22. The zero-order valence-corrected chi connectivity index (χ0v) is 17.2. The van der Waals surface area contributed by atoms with E-state index in [4.69, 9.17) is 9.47 Å². The van der Waals surface area contributed by atoms with Crippen LogP contribution in [-0.2, 0) is 6.54 Å². The topological polar surface area (TPSA) is 102 Å². The first kappa shape index (κ1) is 18.7. The second kappa shape index (κ2) is 6.73. The summed E-state index contributed by atoms with van der Waals surface area (Å²) in [5.41, 5.74) is -0.624. The van der Waals surface area contributed by atoms with Crippen LogP contribution in [0.5, 0.6) is 11.5 Å². The van der Waals surface area contributed by atoms with E-state index in [0.717, 1.165) is 29.4 Å². The van der Waals surface area contributed by atoms with Crippen molar-refractivity contribution in [3.05, 3.63) is 56.4 Å². The van der Waals surface area contributed by atoms with E-state index in [-0.39, 0.29) is 30.3 Å². The Morgan fingerprint density at radius 2 is 1.74 bits per heavy atom. The predicted octanol–water partition coefficient (Wildman–Crippen LogP) is 2.01. The number of rotatable bonds is 4.